The van der Waals surface area contributed by atoms with Crippen molar-refractivity contribution in [2.24, 2.45) is 0 Å². The summed E-state index contributed by atoms with van der Waals surface area (Å²) in [6, 6.07) is 9.19. The van der Waals surface area contributed by atoms with Crippen LogP contribution >= 0.6 is 23.2 Å². The van der Waals surface area contributed by atoms with Crippen LogP contribution in [-0.4, -0.2) is 12.5 Å². The van der Waals surface area contributed by atoms with E-state index >= 15 is 0 Å². The molecule has 0 heterocycles. The van der Waals surface area contributed by atoms with E-state index in [1.165, 1.54) is 5.56 Å². The van der Waals surface area contributed by atoms with Gasteiger partial charge in [0.15, 0.2) is 0 Å². The van der Waals surface area contributed by atoms with Gasteiger partial charge in [-0.15, -0.1) is 0 Å². The van der Waals surface area contributed by atoms with Gasteiger partial charge in [0.25, 0.3) is 0 Å². The predicted molar refractivity (Wildman–Crippen MR) is 94.2 cm³/mol. The average molecular weight is 337 g/mol. The third-order valence-electron chi connectivity index (χ3n) is 3.26. The van der Waals surface area contributed by atoms with Crippen LogP contribution < -0.4 is 10.6 Å². The number of carbonyl (C=O) groups is 1. The Kier molecular flexibility index (Phi) is 5.33. The highest BCUT2D eigenvalue weighted by Gasteiger charge is 2.08. The fourth-order valence-electron chi connectivity index (χ4n) is 2.40. The molecule has 0 spiro atoms. The minimum absolute atomic E-state index is 0.119. The molecule has 0 aliphatic carbocycles. The average Bonchev–Trinajstić information content (AvgIpc) is 2.39. The van der Waals surface area contributed by atoms with Gasteiger partial charge in [0.05, 0.1) is 6.54 Å². The smallest absolute Gasteiger partial charge is 0.243 e. The molecule has 0 aliphatic rings. The third-order valence-corrected chi connectivity index (χ3v) is 3.69. The maximum absolute atomic E-state index is 12.1. The molecular formula is C17H18Cl2N2O. The van der Waals surface area contributed by atoms with Gasteiger partial charge in [0.1, 0.15) is 0 Å². The molecule has 0 radical (unpaired) electrons. The normalized spacial score (nSPS) is 10.4. The molecule has 0 fully saturated rings. The topological polar surface area (TPSA) is 41.1 Å². The van der Waals surface area contributed by atoms with Crippen molar-refractivity contribution in [3.05, 3.63) is 57.1 Å². The fourth-order valence-corrected chi connectivity index (χ4v) is 2.93. The van der Waals surface area contributed by atoms with Gasteiger partial charge in [-0.25, -0.2) is 0 Å². The first-order valence-corrected chi connectivity index (χ1v) is 7.68. The molecular weight excluding hydrogens is 319 g/mol. The molecule has 5 heteroatoms. The summed E-state index contributed by atoms with van der Waals surface area (Å²) in [5.74, 6) is -0.119. The van der Waals surface area contributed by atoms with Gasteiger partial charge in [-0.05, 0) is 50.1 Å². The first-order chi connectivity index (χ1) is 10.3. The Hall–Kier alpha value is -1.71. The van der Waals surface area contributed by atoms with Gasteiger partial charge < -0.3 is 10.6 Å². The molecule has 1 amide bonds. The van der Waals surface area contributed by atoms with Gasteiger partial charge in [0, 0.05) is 21.4 Å². The lowest BCUT2D eigenvalue weighted by Crippen LogP contribution is -2.22. The number of hydrogen-bond acceptors (Lipinski definition) is 2. The summed E-state index contributed by atoms with van der Waals surface area (Å²) >= 11 is 11.9. The second-order valence-electron chi connectivity index (χ2n) is 5.33. The highest BCUT2D eigenvalue weighted by Crippen LogP contribution is 2.23. The van der Waals surface area contributed by atoms with Crippen molar-refractivity contribution >= 4 is 40.5 Å². The van der Waals surface area contributed by atoms with Crippen LogP contribution in [0.5, 0.6) is 0 Å². The third kappa shape index (κ3) is 4.39. The lowest BCUT2D eigenvalue weighted by molar-refractivity contribution is -0.114. The molecule has 0 aliphatic heterocycles. The molecule has 2 aromatic rings. The van der Waals surface area contributed by atoms with Gasteiger partial charge in [0.2, 0.25) is 5.91 Å². The lowest BCUT2D eigenvalue weighted by Gasteiger charge is -2.13. The highest BCUT2D eigenvalue weighted by molar-refractivity contribution is 6.35. The minimum atomic E-state index is -0.119. The van der Waals surface area contributed by atoms with Crippen molar-refractivity contribution in [1.82, 2.24) is 0 Å². The summed E-state index contributed by atoms with van der Waals surface area (Å²) < 4.78 is 0. The Morgan fingerprint density at radius 3 is 2.05 bits per heavy atom. The van der Waals surface area contributed by atoms with E-state index in [4.69, 9.17) is 23.2 Å². The highest BCUT2D eigenvalue weighted by atomic mass is 35.5. The van der Waals surface area contributed by atoms with Crippen LogP contribution in [0.25, 0.3) is 0 Å². The summed E-state index contributed by atoms with van der Waals surface area (Å²) in [5, 5.41) is 7.01. The van der Waals surface area contributed by atoms with Crippen molar-refractivity contribution in [2.75, 3.05) is 17.2 Å². The molecule has 0 unspecified atom stereocenters. The zero-order chi connectivity index (χ0) is 16.3. The van der Waals surface area contributed by atoms with Crippen molar-refractivity contribution in [2.45, 2.75) is 20.8 Å². The first kappa shape index (κ1) is 16.7. The molecule has 2 N–H and O–H groups in total. The quantitative estimate of drug-likeness (QED) is 0.827. The summed E-state index contributed by atoms with van der Waals surface area (Å²) in [6.07, 6.45) is 0. The number of halogens is 2. The maximum Gasteiger partial charge on any atom is 0.243 e. The predicted octanol–water partition coefficient (Wildman–Crippen LogP) is 4.97. The number of benzene rings is 2. The largest absolute Gasteiger partial charge is 0.376 e. The molecule has 3 nitrogen and oxygen atoms in total. The number of rotatable bonds is 4. The Labute approximate surface area is 140 Å². The van der Waals surface area contributed by atoms with E-state index in [0.29, 0.717) is 15.7 Å². The molecule has 0 bridgehead atoms. The Morgan fingerprint density at radius 2 is 1.50 bits per heavy atom. The van der Waals surface area contributed by atoms with Crippen molar-refractivity contribution in [3.8, 4) is 0 Å². The summed E-state index contributed by atoms with van der Waals surface area (Å²) in [5.41, 5.74) is 4.86. The number of amides is 1. The SMILES string of the molecule is Cc1cc(C)c(NC(=O)CNc2cc(Cl)cc(Cl)c2)c(C)c1. The second kappa shape index (κ2) is 7.03. The summed E-state index contributed by atoms with van der Waals surface area (Å²) in [4.78, 5) is 12.1. The standard InChI is InChI=1S/C17H18Cl2N2O/c1-10-4-11(2)17(12(3)5-10)21-16(22)9-20-15-7-13(18)6-14(19)8-15/h4-8,20H,9H2,1-3H3,(H,21,22). The fraction of sp³-hybridized carbons (Fsp3) is 0.235. The molecule has 2 rings (SSSR count). The summed E-state index contributed by atoms with van der Waals surface area (Å²) in [6.45, 7) is 6.15. The van der Waals surface area contributed by atoms with Crippen molar-refractivity contribution in [3.63, 3.8) is 0 Å². The van der Waals surface area contributed by atoms with Gasteiger partial charge in [-0.2, -0.15) is 0 Å². The van der Waals surface area contributed by atoms with Crippen LogP contribution in [0.15, 0.2) is 30.3 Å². The Balaban J connectivity index is 2.02. The zero-order valence-electron chi connectivity index (χ0n) is 12.8. The Bertz CT molecular complexity index is 671. The first-order valence-electron chi connectivity index (χ1n) is 6.93. The monoisotopic (exact) mass is 336 g/mol. The number of nitrogens with one attached hydrogen (secondary N) is 2. The van der Waals surface area contributed by atoms with E-state index in [1.54, 1.807) is 18.2 Å². The van der Waals surface area contributed by atoms with E-state index < -0.39 is 0 Å². The molecule has 0 saturated carbocycles. The van der Waals surface area contributed by atoms with Crippen LogP contribution in [-0.2, 0) is 4.79 Å². The van der Waals surface area contributed by atoms with E-state index in [2.05, 4.69) is 10.6 Å². The maximum atomic E-state index is 12.1. The molecule has 22 heavy (non-hydrogen) atoms. The molecule has 116 valence electrons. The Morgan fingerprint density at radius 1 is 0.955 bits per heavy atom. The number of aryl methyl sites for hydroxylation is 3. The molecule has 0 saturated heterocycles. The zero-order valence-corrected chi connectivity index (χ0v) is 14.3. The number of anilines is 2. The van der Waals surface area contributed by atoms with E-state index in [1.807, 2.05) is 32.9 Å². The minimum Gasteiger partial charge on any atom is -0.376 e. The molecule has 2 aromatic carbocycles. The number of carbonyl (C=O) groups excluding carboxylic acids is 1. The molecule has 0 aromatic heterocycles. The van der Waals surface area contributed by atoms with Gasteiger partial charge in [-0.3, -0.25) is 4.79 Å². The summed E-state index contributed by atoms with van der Waals surface area (Å²) in [7, 11) is 0. The van der Waals surface area contributed by atoms with Crippen LogP contribution in [0.4, 0.5) is 11.4 Å². The van der Waals surface area contributed by atoms with Crippen LogP contribution in [0, 0.1) is 20.8 Å². The van der Waals surface area contributed by atoms with Gasteiger partial charge in [-0.1, -0.05) is 40.9 Å². The van der Waals surface area contributed by atoms with Crippen LogP contribution in [0.1, 0.15) is 16.7 Å². The van der Waals surface area contributed by atoms with E-state index in [-0.39, 0.29) is 12.5 Å². The van der Waals surface area contributed by atoms with E-state index in [0.717, 1.165) is 16.8 Å². The number of hydrogen-bond donors (Lipinski definition) is 2. The van der Waals surface area contributed by atoms with Gasteiger partial charge >= 0.3 is 0 Å². The van der Waals surface area contributed by atoms with Crippen LogP contribution in [0.3, 0.4) is 0 Å². The second-order valence-corrected chi connectivity index (χ2v) is 6.21. The molecule has 0 atom stereocenters. The van der Waals surface area contributed by atoms with Crippen LogP contribution in [0.2, 0.25) is 10.0 Å². The van der Waals surface area contributed by atoms with Crippen molar-refractivity contribution in [1.29, 1.82) is 0 Å². The van der Waals surface area contributed by atoms with E-state index in [9.17, 15) is 4.79 Å². The van der Waals surface area contributed by atoms with Crippen molar-refractivity contribution < 1.29 is 4.79 Å². The lowest BCUT2D eigenvalue weighted by atomic mass is 10.1.